The average molecular weight is 252 g/mol. The number of methoxy groups -OCH3 is 1. The van der Waals surface area contributed by atoms with E-state index in [-0.39, 0.29) is 11.6 Å². The topological polar surface area (TPSA) is 42.9 Å². The Morgan fingerprint density at radius 1 is 1.39 bits per heavy atom. The lowest BCUT2D eigenvalue weighted by molar-refractivity contribution is 0.144. The minimum atomic E-state index is -0.376. The molecule has 1 aromatic carbocycles. The summed E-state index contributed by atoms with van der Waals surface area (Å²) in [7, 11) is 1.58. The molecule has 98 valence electrons. The molecule has 0 aromatic heterocycles. The average Bonchev–Trinajstić information content (AvgIpc) is 2.42. The lowest BCUT2D eigenvalue weighted by atomic mass is 10.1. The summed E-state index contributed by atoms with van der Waals surface area (Å²) in [5.41, 5.74) is 0.756. The van der Waals surface area contributed by atoms with Gasteiger partial charge in [-0.3, -0.25) is 4.99 Å². The summed E-state index contributed by atoms with van der Waals surface area (Å²) in [6.45, 7) is 2.45. The maximum atomic E-state index is 13.8. The van der Waals surface area contributed by atoms with Gasteiger partial charge in [0.1, 0.15) is 12.4 Å². The van der Waals surface area contributed by atoms with Gasteiger partial charge in [0, 0.05) is 25.8 Å². The van der Waals surface area contributed by atoms with Crippen LogP contribution in [0.15, 0.2) is 23.2 Å². The fourth-order valence-corrected chi connectivity index (χ4v) is 1.73. The molecule has 0 radical (unpaired) electrons. The van der Waals surface area contributed by atoms with E-state index in [1.807, 2.05) is 6.07 Å². The highest BCUT2D eigenvalue weighted by Gasteiger charge is 2.10. The molecule has 1 N–H and O–H groups in total. The standard InChI is InChI=1S/C13H17FN2O2/c1-17-7-8-18-12-4-3-10(9-11(12)14)13-15-5-2-6-16-13/h3-4,9H,2,5-8H2,1H3,(H,15,16). The number of hydrogen-bond donors (Lipinski definition) is 1. The number of ether oxygens (including phenoxy) is 2. The third kappa shape index (κ3) is 3.20. The van der Waals surface area contributed by atoms with Gasteiger partial charge in [-0.05, 0) is 24.6 Å². The summed E-state index contributed by atoms with van der Waals surface area (Å²) in [6.07, 6.45) is 1.02. The van der Waals surface area contributed by atoms with Gasteiger partial charge in [0.25, 0.3) is 0 Å². The van der Waals surface area contributed by atoms with Crippen molar-refractivity contribution >= 4 is 5.84 Å². The van der Waals surface area contributed by atoms with Gasteiger partial charge in [-0.1, -0.05) is 0 Å². The number of aliphatic imine (C=N–C) groups is 1. The number of halogens is 1. The van der Waals surface area contributed by atoms with Crippen LogP contribution < -0.4 is 10.1 Å². The fraction of sp³-hybridized carbons (Fsp3) is 0.462. The molecule has 4 nitrogen and oxygen atoms in total. The molecule has 0 atom stereocenters. The van der Waals surface area contributed by atoms with E-state index in [1.54, 1.807) is 13.2 Å². The van der Waals surface area contributed by atoms with Gasteiger partial charge in [0.2, 0.25) is 0 Å². The molecule has 0 amide bonds. The van der Waals surface area contributed by atoms with Crippen molar-refractivity contribution in [3.05, 3.63) is 29.6 Å². The smallest absolute Gasteiger partial charge is 0.165 e. The highest BCUT2D eigenvalue weighted by molar-refractivity contribution is 5.99. The number of hydrogen-bond acceptors (Lipinski definition) is 4. The molecular weight excluding hydrogens is 235 g/mol. The zero-order valence-corrected chi connectivity index (χ0v) is 10.4. The van der Waals surface area contributed by atoms with Gasteiger partial charge in [0.05, 0.1) is 6.61 Å². The Morgan fingerprint density at radius 2 is 2.28 bits per heavy atom. The number of rotatable bonds is 5. The van der Waals surface area contributed by atoms with Crippen LogP contribution in [0.5, 0.6) is 5.75 Å². The van der Waals surface area contributed by atoms with Crippen molar-refractivity contribution in [3.8, 4) is 5.75 Å². The quantitative estimate of drug-likeness (QED) is 0.809. The summed E-state index contributed by atoms with van der Waals surface area (Å²) < 4.78 is 23.9. The second-order valence-corrected chi connectivity index (χ2v) is 4.00. The van der Waals surface area contributed by atoms with E-state index >= 15 is 0 Å². The second-order valence-electron chi connectivity index (χ2n) is 4.00. The summed E-state index contributed by atoms with van der Waals surface area (Å²) in [6, 6.07) is 4.88. The van der Waals surface area contributed by atoms with Crippen LogP contribution in [0.3, 0.4) is 0 Å². The molecule has 18 heavy (non-hydrogen) atoms. The van der Waals surface area contributed by atoms with Crippen LogP contribution in [-0.2, 0) is 4.74 Å². The molecule has 1 aromatic rings. The zero-order chi connectivity index (χ0) is 12.8. The van der Waals surface area contributed by atoms with Crippen LogP contribution in [-0.4, -0.2) is 39.2 Å². The van der Waals surface area contributed by atoms with E-state index in [4.69, 9.17) is 9.47 Å². The zero-order valence-electron chi connectivity index (χ0n) is 10.4. The summed E-state index contributed by atoms with van der Waals surface area (Å²) in [4.78, 5) is 4.32. The highest BCUT2D eigenvalue weighted by atomic mass is 19.1. The van der Waals surface area contributed by atoms with Crippen molar-refractivity contribution in [2.45, 2.75) is 6.42 Å². The van der Waals surface area contributed by atoms with Crippen molar-refractivity contribution in [2.75, 3.05) is 33.4 Å². The predicted molar refractivity (Wildman–Crippen MR) is 67.8 cm³/mol. The summed E-state index contributed by atoms with van der Waals surface area (Å²) in [5, 5.41) is 3.16. The van der Waals surface area contributed by atoms with Crippen LogP contribution in [0.25, 0.3) is 0 Å². The molecule has 0 fully saturated rings. The Morgan fingerprint density at radius 3 is 2.94 bits per heavy atom. The molecule has 2 rings (SSSR count). The monoisotopic (exact) mass is 252 g/mol. The van der Waals surface area contributed by atoms with Crippen LogP contribution in [0.4, 0.5) is 4.39 Å². The first-order valence-corrected chi connectivity index (χ1v) is 6.01. The Hall–Kier alpha value is -1.62. The molecule has 0 saturated carbocycles. The first kappa shape index (κ1) is 12.8. The van der Waals surface area contributed by atoms with Gasteiger partial charge in [-0.2, -0.15) is 0 Å². The van der Waals surface area contributed by atoms with Crippen LogP contribution in [0.1, 0.15) is 12.0 Å². The molecule has 1 heterocycles. The van der Waals surface area contributed by atoms with Gasteiger partial charge in [-0.25, -0.2) is 4.39 Å². The Labute approximate surface area is 106 Å². The first-order valence-electron chi connectivity index (χ1n) is 6.01. The number of amidine groups is 1. The first-order chi connectivity index (χ1) is 8.81. The van der Waals surface area contributed by atoms with Crippen LogP contribution >= 0.6 is 0 Å². The van der Waals surface area contributed by atoms with Gasteiger partial charge in [0.15, 0.2) is 11.6 Å². The molecule has 5 heteroatoms. The maximum absolute atomic E-state index is 13.8. The van der Waals surface area contributed by atoms with Gasteiger partial charge >= 0.3 is 0 Å². The van der Waals surface area contributed by atoms with Crippen molar-refractivity contribution in [1.82, 2.24) is 5.32 Å². The molecule has 0 aliphatic carbocycles. The molecule has 1 aliphatic rings. The maximum Gasteiger partial charge on any atom is 0.165 e. The molecule has 0 bridgehead atoms. The van der Waals surface area contributed by atoms with Crippen molar-refractivity contribution in [3.63, 3.8) is 0 Å². The largest absolute Gasteiger partial charge is 0.488 e. The minimum absolute atomic E-state index is 0.243. The van der Waals surface area contributed by atoms with E-state index in [0.29, 0.717) is 13.2 Å². The van der Waals surface area contributed by atoms with E-state index in [1.165, 1.54) is 6.07 Å². The van der Waals surface area contributed by atoms with Gasteiger partial charge in [-0.15, -0.1) is 0 Å². The Balaban J connectivity index is 2.06. The lowest BCUT2D eigenvalue weighted by Crippen LogP contribution is -2.30. The number of nitrogens with zero attached hydrogens (tertiary/aromatic N) is 1. The normalized spacial score (nSPS) is 14.9. The van der Waals surface area contributed by atoms with E-state index in [9.17, 15) is 4.39 Å². The van der Waals surface area contributed by atoms with Crippen LogP contribution in [0, 0.1) is 5.82 Å². The summed E-state index contributed by atoms with van der Waals surface area (Å²) >= 11 is 0. The van der Waals surface area contributed by atoms with Crippen molar-refractivity contribution < 1.29 is 13.9 Å². The Bertz CT molecular complexity index is 435. The third-order valence-corrected chi connectivity index (χ3v) is 2.65. The van der Waals surface area contributed by atoms with Crippen LogP contribution in [0.2, 0.25) is 0 Å². The molecule has 1 aliphatic heterocycles. The third-order valence-electron chi connectivity index (χ3n) is 2.65. The Kier molecular flexibility index (Phi) is 4.52. The SMILES string of the molecule is COCCOc1ccc(C2=NCCCN2)cc1F. The van der Waals surface area contributed by atoms with E-state index < -0.39 is 0 Å². The van der Waals surface area contributed by atoms with Gasteiger partial charge < -0.3 is 14.8 Å². The summed E-state index contributed by atoms with van der Waals surface area (Å²) in [5.74, 6) is 0.620. The fourth-order valence-electron chi connectivity index (χ4n) is 1.73. The molecule has 0 unspecified atom stereocenters. The predicted octanol–water partition coefficient (Wildman–Crippen LogP) is 1.59. The molecular formula is C13H17FN2O2. The second kappa shape index (κ2) is 6.35. The lowest BCUT2D eigenvalue weighted by Gasteiger charge is -2.15. The van der Waals surface area contributed by atoms with Crippen molar-refractivity contribution in [2.24, 2.45) is 4.99 Å². The van der Waals surface area contributed by atoms with E-state index in [0.717, 1.165) is 30.9 Å². The molecule has 0 spiro atoms. The van der Waals surface area contributed by atoms with Crippen molar-refractivity contribution in [1.29, 1.82) is 0 Å². The number of benzene rings is 1. The number of nitrogens with one attached hydrogen (secondary N) is 1. The highest BCUT2D eigenvalue weighted by Crippen LogP contribution is 2.19. The van der Waals surface area contributed by atoms with E-state index in [2.05, 4.69) is 10.3 Å². The molecule has 0 saturated heterocycles. The minimum Gasteiger partial charge on any atom is -0.488 e.